The van der Waals surface area contributed by atoms with Crippen molar-refractivity contribution < 1.29 is 19.2 Å². The van der Waals surface area contributed by atoms with E-state index in [0.29, 0.717) is 12.9 Å². The van der Waals surface area contributed by atoms with Gasteiger partial charge < -0.3 is 19.2 Å². The van der Waals surface area contributed by atoms with Crippen molar-refractivity contribution in [2.45, 2.75) is 49.9 Å². The molecule has 1 atom stereocenters. The van der Waals surface area contributed by atoms with Crippen LogP contribution in [0.15, 0.2) is 24.5 Å². The van der Waals surface area contributed by atoms with Gasteiger partial charge in [-0.25, -0.2) is 4.98 Å². The Morgan fingerprint density at radius 3 is 2.85 bits per heavy atom. The second kappa shape index (κ2) is 6.50. The molecule has 2 aromatic rings. The molecule has 0 amide bonds. The summed E-state index contributed by atoms with van der Waals surface area (Å²) in [5.74, 6) is 1.73. The van der Waals surface area contributed by atoms with E-state index >= 15 is 0 Å². The van der Waals surface area contributed by atoms with E-state index in [-0.39, 0.29) is 11.5 Å². The number of nitrogens with zero attached hydrogens (tertiary/aromatic N) is 2. The van der Waals surface area contributed by atoms with E-state index in [1.165, 1.54) is 18.4 Å². The molecule has 27 heavy (non-hydrogen) atoms. The molecule has 0 bridgehead atoms. The van der Waals surface area contributed by atoms with Crippen LogP contribution in [0.1, 0.15) is 42.9 Å². The number of benzene rings is 1. The molecule has 3 aliphatic rings. The van der Waals surface area contributed by atoms with Gasteiger partial charge in [0.1, 0.15) is 5.60 Å². The number of aromatic nitrogens is 2. The summed E-state index contributed by atoms with van der Waals surface area (Å²) in [6.45, 7) is 0.478. The monoisotopic (exact) mass is 366 g/mol. The van der Waals surface area contributed by atoms with Crippen molar-refractivity contribution in [1.82, 2.24) is 9.97 Å². The highest BCUT2D eigenvalue weighted by atomic mass is 16.5. The number of hydrogen-bond acceptors (Lipinski definition) is 6. The second-order valence-electron chi connectivity index (χ2n) is 7.84. The van der Waals surface area contributed by atoms with Crippen LogP contribution in [0.2, 0.25) is 6.32 Å². The third-order valence-corrected chi connectivity index (χ3v) is 6.10. The molecule has 1 spiro atoms. The Labute approximate surface area is 159 Å². The van der Waals surface area contributed by atoms with Gasteiger partial charge in [0.2, 0.25) is 0 Å². The molecule has 1 unspecified atom stereocenters. The minimum absolute atomic E-state index is 0.0798. The summed E-state index contributed by atoms with van der Waals surface area (Å²) in [4.78, 5) is 9.27. The number of ether oxygens (including phenoxy) is 2. The molecular weight excluding hydrogens is 343 g/mol. The summed E-state index contributed by atoms with van der Waals surface area (Å²) >= 11 is 0. The topological polar surface area (TPSA) is 73.7 Å². The van der Waals surface area contributed by atoms with Gasteiger partial charge >= 0.3 is 7.12 Å². The Kier molecular flexibility index (Phi) is 4.09. The Morgan fingerprint density at radius 2 is 2.11 bits per heavy atom. The van der Waals surface area contributed by atoms with E-state index < -0.39 is 7.12 Å². The number of rotatable bonds is 3. The van der Waals surface area contributed by atoms with Crippen molar-refractivity contribution in [3.8, 4) is 22.8 Å². The van der Waals surface area contributed by atoms with Crippen molar-refractivity contribution in [3.05, 3.63) is 35.8 Å². The summed E-state index contributed by atoms with van der Waals surface area (Å²) in [7, 11) is 0.978. The Balaban J connectivity index is 1.54. The van der Waals surface area contributed by atoms with Crippen molar-refractivity contribution >= 4 is 7.12 Å². The van der Waals surface area contributed by atoms with Gasteiger partial charge in [0.25, 0.3) is 0 Å². The third-order valence-electron chi connectivity index (χ3n) is 6.10. The van der Waals surface area contributed by atoms with Gasteiger partial charge in [0.15, 0.2) is 11.5 Å². The zero-order valence-electron chi connectivity index (χ0n) is 15.5. The van der Waals surface area contributed by atoms with E-state index in [2.05, 4.69) is 11.1 Å². The Bertz CT molecular complexity index is 869. The van der Waals surface area contributed by atoms with Crippen LogP contribution in [-0.2, 0) is 11.1 Å². The highest BCUT2D eigenvalue weighted by Gasteiger charge is 2.44. The molecule has 1 saturated heterocycles. The molecule has 2 aliphatic heterocycles. The fourth-order valence-electron chi connectivity index (χ4n) is 4.69. The first-order valence-corrected chi connectivity index (χ1v) is 9.68. The van der Waals surface area contributed by atoms with Crippen LogP contribution in [0.25, 0.3) is 11.3 Å². The molecule has 1 saturated carbocycles. The van der Waals surface area contributed by atoms with Gasteiger partial charge in [0.05, 0.1) is 24.7 Å². The van der Waals surface area contributed by atoms with E-state index in [9.17, 15) is 5.02 Å². The number of methoxy groups -OCH3 is 1. The summed E-state index contributed by atoms with van der Waals surface area (Å²) in [5.41, 5.74) is 3.85. The van der Waals surface area contributed by atoms with Gasteiger partial charge in [-0.1, -0.05) is 0 Å². The minimum atomic E-state index is -0.707. The largest absolute Gasteiger partial charge is 0.493 e. The standard InChI is InChI=1S/C20H23BN2O4/c1-25-18-5-4-14(15-8-20(27-19(15)18)6-2-3-7-20)17-11-22-10-16(23-17)13-9-21(24)26-12-13/h4-5,10-11,13,24H,2-3,6-9,12H2,1H3. The predicted molar refractivity (Wildman–Crippen MR) is 101 cm³/mol. The maximum absolute atomic E-state index is 9.65. The zero-order valence-corrected chi connectivity index (χ0v) is 15.5. The smallest absolute Gasteiger partial charge is 0.454 e. The average Bonchev–Trinajstić information content (AvgIpc) is 3.41. The first-order chi connectivity index (χ1) is 13.2. The third kappa shape index (κ3) is 2.89. The van der Waals surface area contributed by atoms with Crippen LogP contribution in [-0.4, -0.2) is 41.4 Å². The van der Waals surface area contributed by atoms with Crippen molar-refractivity contribution in [3.63, 3.8) is 0 Å². The minimum Gasteiger partial charge on any atom is -0.493 e. The summed E-state index contributed by atoms with van der Waals surface area (Å²) < 4.78 is 17.3. The SMILES string of the molecule is COc1ccc(-c2cncc(C3COB(O)C3)n2)c2c1OC1(CCCC1)C2. The molecule has 2 fully saturated rings. The van der Waals surface area contributed by atoms with Crippen LogP contribution in [0, 0.1) is 0 Å². The van der Waals surface area contributed by atoms with Crippen LogP contribution in [0.4, 0.5) is 0 Å². The maximum Gasteiger partial charge on any atom is 0.454 e. The fraction of sp³-hybridized carbons (Fsp3) is 0.500. The van der Waals surface area contributed by atoms with Gasteiger partial charge in [0, 0.05) is 36.3 Å². The molecule has 1 aromatic carbocycles. The normalized spacial score (nSPS) is 22.9. The van der Waals surface area contributed by atoms with Gasteiger partial charge in [-0.2, -0.15) is 0 Å². The lowest BCUT2D eigenvalue weighted by Crippen LogP contribution is -2.30. The second-order valence-corrected chi connectivity index (χ2v) is 7.84. The van der Waals surface area contributed by atoms with E-state index in [1.54, 1.807) is 19.5 Å². The molecule has 1 aliphatic carbocycles. The molecule has 3 heterocycles. The lowest BCUT2D eigenvalue weighted by atomic mass is 9.81. The average molecular weight is 366 g/mol. The van der Waals surface area contributed by atoms with E-state index in [1.807, 2.05) is 6.07 Å². The summed E-state index contributed by atoms with van der Waals surface area (Å²) in [6, 6.07) is 4.02. The molecule has 0 radical (unpaired) electrons. The highest BCUT2D eigenvalue weighted by Crippen LogP contribution is 2.51. The lowest BCUT2D eigenvalue weighted by molar-refractivity contribution is 0.0996. The van der Waals surface area contributed by atoms with Crippen LogP contribution < -0.4 is 9.47 Å². The van der Waals surface area contributed by atoms with E-state index in [0.717, 1.165) is 47.7 Å². The zero-order chi connectivity index (χ0) is 18.4. The maximum atomic E-state index is 9.65. The molecule has 5 rings (SSSR count). The van der Waals surface area contributed by atoms with Crippen LogP contribution >= 0.6 is 0 Å². The van der Waals surface area contributed by atoms with E-state index in [4.69, 9.17) is 19.1 Å². The molecule has 140 valence electrons. The molecule has 6 nitrogen and oxygen atoms in total. The van der Waals surface area contributed by atoms with Crippen molar-refractivity contribution in [2.24, 2.45) is 0 Å². The van der Waals surface area contributed by atoms with Crippen molar-refractivity contribution in [1.29, 1.82) is 0 Å². The van der Waals surface area contributed by atoms with Crippen LogP contribution in [0.5, 0.6) is 11.5 Å². The quantitative estimate of drug-likeness (QED) is 0.842. The summed E-state index contributed by atoms with van der Waals surface area (Å²) in [6.07, 6.45) is 9.64. The lowest BCUT2D eigenvalue weighted by Gasteiger charge is -2.22. The summed E-state index contributed by atoms with van der Waals surface area (Å²) in [5, 5.41) is 9.65. The van der Waals surface area contributed by atoms with Gasteiger partial charge in [-0.05, 0) is 44.1 Å². The fourth-order valence-corrected chi connectivity index (χ4v) is 4.69. The molecule has 1 N–H and O–H groups in total. The Hall–Kier alpha value is -2.12. The highest BCUT2D eigenvalue weighted by molar-refractivity contribution is 6.43. The molecule has 7 heteroatoms. The Morgan fingerprint density at radius 1 is 1.26 bits per heavy atom. The molecular formula is C20H23BN2O4. The molecule has 1 aromatic heterocycles. The van der Waals surface area contributed by atoms with Gasteiger partial charge in [-0.3, -0.25) is 4.98 Å². The first kappa shape index (κ1) is 17.0. The van der Waals surface area contributed by atoms with Crippen LogP contribution in [0.3, 0.4) is 0 Å². The predicted octanol–water partition coefficient (Wildman–Crippen LogP) is 2.99. The van der Waals surface area contributed by atoms with Crippen molar-refractivity contribution in [2.75, 3.05) is 13.7 Å². The number of fused-ring (bicyclic) bond motifs is 1. The number of hydrogen-bond donors (Lipinski definition) is 1. The first-order valence-electron chi connectivity index (χ1n) is 9.68. The van der Waals surface area contributed by atoms with Gasteiger partial charge in [-0.15, -0.1) is 0 Å².